The van der Waals surface area contributed by atoms with Gasteiger partial charge in [0.05, 0.1) is 12.8 Å². The van der Waals surface area contributed by atoms with Gasteiger partial charge in [-0.2, -0.15) is 5.10 Å². The first-order valence-corrected chi connectivity index (χ1v) is 9.96. The molecule has 1 amide bonds. The van der Waals surface area contributed by atoms with Crippen molar-refractivity contribution >= 4 is 17.5 Å². The standard InChI is InChI=1S/C22H23ClN4O2/c1-29-19-7-3-5-17(13-19)20-14-21(25-24-20)22(28)27-10-8-26(9-11-27)15-16-4-2-6-18(23)12-16/h2-7,12-14H,8-11,15H2,1H3,(H,24,25). The zero-order chi connectivity index (χ0) is 20.2. The van der Waals surface area contributed by atoms with Gasteiger partial charge in [0, 0.05) is 43.3 Å². The van der Waals surface area contributed by atoms with Crippen LogP contribution in [-0.2, 0) is 6.54 Å². The number of nitrogens with zero attached hydrogens (tertiary/aromatic N) is 3. The molecular weight excluding hydrogens is 388 g/mol. The van der Waals surface area contributed by atoms with Gasteiger partial charge < -0.3 is 9.64 Å². The number of piperazine rings is 1. The molecule has 0 atom stereocenters. The summed E-state index contributed by atoms with van der Waals surface area (Å²) in [6.45, 7) is 3.87. The Bertz CT molecular complexity index is 996. The highest BCUT2D eigenvalue weighted by Gasteiger charge is 2.23. The topological polar surface area (TPSA) is 61.5 Å². The summed E-state index contributed by atoms with van der Waals surface area (Å²) in [6.07, 6.45) is 0. The molecule has 1 fully saturated rings. The number of H-pyrrole nitrogens is 1. The molecule has 2 heterocycles. The molecule has 1 N–H and O–H groups in total. The van der Waals surface area contributed by atoms with E-state index in [1.807, 2.05) is 47.4 Å². The summed E-state index contributed by atoms with van der Waals surface area (Å²) < 4.78 is 5.26. The number of rotatable bonds is 5. The second-order valence-electron chi connectivity index (χ2n) is 7.10. The number of methoxy groups -OCH3 is 1. The maximum Gasteiger partial charge on any atom is 0.271 e. The molecule has 4 rings (SSSR count). The van der Waals surface area contributed by atoms with Crippen LogP contribution in [0.15, 0.2) is 54.6 Å². The fraction of sp³-hybridized carbons (Fsp3) is 0.273. The summed E-state index contributed by atoms with van der Waals surface area (Å²) in [4.78, 5) is 17.1. The molecule has 7 heteroatoms. The number of halogens is 1. The summed E-state index contributed by atoms with van der Waals surface area (Å²) in [5.41, 5.74) is 3.33. The van der Waals surface area contributed by atoms with E-state index in [1.54, 1.807) is 13.2 Å². The van der Waals surface area contributed by atoms with Crippen LogP contribution in [-0.4, -0.2) is 59.2 Å². The molecule has 29 heavy (non-hydrogen) atoms. The summed E-state index contributed by atoms with van der Waals surface area (Å²) in [7, 11) is 1.63. The Morgan fingerprint density at radius 1 is 1.10 bits per heavy atom. The van der Waals surface area contributed by atoms with Gasteiger partial charge in [-0.25, -0.2) is 0 Å². The van der Waals surface area contributed by atoms with Gasteiger partial charge in [0.2, 0.25) is 0 Å². The number of aromatic amines is 1. The number of amides is 1. The van der Waals surface area contributed by atoms with Crippen molar-refractivity contribution in [2.45, 2.75) is 6.54 Å². The number of carbonyl (C=O) groups excluding carboxylic acids is 1. The van der Waals surface area contributed by atoms with E-state index in [9.17, 15) is 4.79 Å². The molecule has 3 aromatic rings. The molecule has 0 bridgehead atoms. The minimum absolute atomic E-state index is 0.0194. The Balaban J connectivity index is 1.37. The average Bonchev–Trinajstić information content (AvgIpc) is 3.24. The van der Waals surface area contributed by atoms with Crippen molar-refractivity contribution < 1.29 is 9.53 Å². The molecule has 0 saturated carbocycles. The molecule has 0 unspecified atom stereocenters. The van der Waals surface area contributed by atoms with E-state index in [-0.39, 0.29) is 5.91 Å². The largest absolute Gasteiger partial charge is 0.497 e. The van der Waals surface area contributed by atoms with Gasteiger partial charge in [-0.15, -0.1) is 0 Å². The van der Waals surface area contributed by atoms with Crippen LogP contribution in [0.5, 0.6) is 5.75 Å². The predicted octanol–water partition coefficient (Wildman–Crippen LogP) is 3.70. The third-order valence-corrected chi connectivity index (χ3v) is 5.36. The highest BCUT2D eigenvalue weighted by molar-refractivity contribution is 6.30. The molecule has 0 spiro atoms. The van der Waals surface area contributed by atoms with Crippen molar-refractivity contribution in [3.8, 4) is 17.0 Å². The summed E-state index contributed by atoms with van der Waals surface area (Å²) in [5.74, 6) is 0.739. The smallest absolute Gasteiger partial charge is 0.271 e. The van der Waals surface area contributed by atoms with Gasteiger partial charge in [0.15, 0.2) is 0 Å². The SMILES string of the molecule is COc1cccc(-c2cc(C(=O)N3CCN(Cc4cccc(Cl)c4)CC3)[nH]n2)c1. The lowest BCUT2D eigenvalue weighted by atomic mass is 10.1. The monoisotopic (exact) mass is 410 g/mol. The maximum atomic E-state index is 12.9. The molecule has 1 saturated heterocycles. The van der Waals surface area contributed by atoms with Crippen molar-refractivity contribution in [3.05, 3.63) is 70.9 Å². The number of ether oxygens (including phenoxy) is 1. The first kappa shape index (κ1) is 19.5. The summed E-state index contributed by atoms with van der Waals surface area (Å²) in [5, 5.41) is 7.94. The third-order valence-electron chi connectivity index (χ3n) is 5.13. The van der Waals surface area contributed by atoms with E-state index in [0.29, 0.717) is 18.8 Å². The number of hydrogen-bond donors (Lipinski definition) is 1. The van der Waals surface area contributed by atoms with Crippen LogP contribution >= 0.6 is 11.6 Å². The minimum Gasteiger partial charge on any atom is -0.497 e. The van der Waals surface area contributed by atoms with E-state index in [0.717, 1.165) is 41.7 Å². The number of carbonyl (C=O) groups is 1. The number of nitrogens with one attached hydrogen (secondary N) is 1. The van der Waals surface area contributed by atoms with Crippen LogP contribution in [0, 0.1) is 0 Å². The van der Waals surface area contributed by atoms with Gasteiger partial charge in [0.1, 0.15) is 11.4 Å². The fourth-order valence-corrected chi connectivity index (χ4v) is 3.75. The second-order valence-corrected chi connectivity index (χ2v) is 7.53. The Morgan fingerprint density at radius 3 is 2.66 bits per heavy atom. The van der Waals surface area contributed by atoms with E-state index >= 15 is 0 Å². The number of hydrogen-bond acceptors (Lipinski definition) is 4. The zero-order valence-corrected chi connectivity index (χ0v) is 17.0. The Kier molecular flexibility index (Phi) is 5.83. The van der Waals surface area contributed by atoms with E-state index < -0.39 is 0 Å². The quantitative estimate of drug-likeness (QED) is 0.696. The molecule has 150 valence electrons. The Hall–Kier alpha value is -2.83. The molecule has 0 radical (unpaired) electrons. The molecule has 6 nitrogen and oxygen atoms in total. The van der Waals surface area contributed by atoms with Crippen LogP contribution in [0.2, 0.25) is 5.02 Å². The molecule has 2 aromatic carbocycles. The molecule has 1 aliphatic heterocycles. The fourth-order valence-electron chi connectivity index (χ4n) is 3.53. The summed E-state index contributed by atoms with van der Waals surface area (Å²) in [6, 6.07) is 17.4. The van der Waals surface area contributed by atoms with Crippen molar-refractivity contribution in [2.75, 3.05) is 33.3 Å². The van der Waals surface area contributed by atoms with Crippen molar-refractivity contribution in [3.63, 3.8) is 0 Å². The number of aromatic nitrogens is 2. The van der Waals surface area contributed by atoms with Crippen LogP contribution in [0.4, 0.5) is 0 Å². The van der Waals surface area contributed by atoms with Gasteiger partial charge >= 0.3 is 0 Å². The van der Waals surface area contributed by atoms with Gasteiger partial charge in [-0.3, -0.25) is 14.8 Å². The molecule has 1 aliphatic rings. The molecule has 1 aromatic heterocycles. The normalized spacial score (nSPS) is 14.8. The lowest BCUT2D eigenvalue weighted by molar-refractivity contribution is 0.0622. The van der Waals surface area contributed by atoms with E-state index in [4.69, 9.17) is 16.3 Å². The first-order valence-electron chi connectivity index (χ1n) is 9.58. The van der Waals surface area contributed by atoms with Gasteiger partial charge in [-0.1, -0.05) is 35.9 Å². The van der Waals surface area contributed by atoms with Crippen molar-refractivity contribution in [1.29, 1.82) is 0 Å². The minimum atomic E-state index is -0.0194. The lowest BCUT2D eigenvalue weighted by Crippen LogP contribution is -2.48. The van der Waals surface area contributed by atoms with Crippen LogP contribution in [0.25, 0.3) is 11.3 Å². The van der Waals surface area contributed by atoms with Crippen molar-refractivity contribution in [2.24, 2.45) is 0 Å². The molecular formula is C22H23ClN4O2. The highest BCUT2D eigenvalue weighted by atomic mass is 35.5. The number of benzene rings is 2. The highest BCUT2D eigenvalue weighted by Crippen LogP contribution is 2.23. The van der Waals surface area contributed by atoms with Crippen LogP contribution < -0.4 is 4.74 Å². The molecule has 0 aliphatic carbocycles. The first-order chi connectivity index (χ1) is 14.1. The Morgan fingerprint density at radius 2 is 1.90 bits per heavy atom. The third kappa shape index (κ3) is 4.60. The second kappa shape index (κ2) is 8.68. The summed E-state index contributed by atoms with van der Waals surface area (Å²) >= 11 is 6.07. The average molecular weight is 411 g/mol. The van der Waals surface area contributed by atoms with Crippen molar-refractivity contribution in [1.82, 2.24) is 20.0 Å². The van der Waals surface area contributed by atoms with Gasteiger partial charge in [0.25, 0.3) is 5.91 Å². The van der Waals surface area contributed by atoms with Crippen LogP contribution in [0.1, 0.15) is 16.1 Å². The predicted molar refractivity (Wildman–Crippen MR) is 113 cm³/mol. The van der Waals surface area contributed by atoms with E-state index in [2.05, 4.69) is 21.2 Å². The zero-order valence-electron chi connectivity index (χ0n) is 16.3. The van der Waals surface area contributed by atoms with E-state index in [1.165, 1.54) is 5.56 Å². The Labute approximate surface area is 175 Å². The van der Waals surface area contributed by atoms with Gasteiger partial charge in [-0.05, 0) is 35.9 Å². The van der Waals surface area contributed by atoms with Crippen LogP contribution in [0.3, 0.4) is 0 Å². The maximum absolute atomic E-state index is 12.9. The lowest BCUT2D eigenvalue weighted by Gasteiger charge is -2.34.